The average molecular weight is 623 g/mol. The number of hydrogen-bond acceptors (Lipinski definition) is 0. The summed E-state index contributed by atoms with van der Waals surface area (Å²) in [5.74, 6) is 0. The molecular weight excluding hydrogens is 573 g/mol. The summed E-state index contributed by atoms with van der Waals surface area (Å²) in [7, 11) is 11.5. The molecule has 0 amide bonds. The van der Waals surface area contributed by atoms with Gasteiger partial charge in [0.2, 0.25) is 0 Å². The van der Waals surface area contributed by atoms with Crippen LogP contribution < -0.4 is 27.3 Å². The van der Waals surface area contributed by atoms with Gasteiger partial charge in [0.05, 0.1) is 16.7 Å². The number of para-hydroxylation sites is 2. The van der Waals surface area contributed by atoms with E-state index in [1.54, 1.807) is 0 Å². The third-order valence-electron chi connectivity index (χ3n) is 11.0. The standard InChI is InChI=1S/C42H50B5N/c1-40(2,3)24-20-23(21-25(22-24)41(4,5)6)26-15-13-19-31(33(26)42(7,8)9)48-30-18-11-10-14-27(30)28-16-12-17-29(39(28)48)32-34(43)36(45)38(47)37(46)35(32)44/h10-22H,43-47H2,1-9H3. The molecule has 0 aliphatic heterocycles. The Balaban J connectivity index is 1.79. The topological polar surface area (TPSA) is 4.93 Å². The fourth-order valence-electron chi connectivity index (χ4n) is 7.78. The molecule has 6 rings (SSSR count). The first kappa shape index (κ1) is 34.1. The van der Waals surface area contributed by atoms with Crippen molar-refractivity contribution in [1.29, 1.82) is 0 Å². The van der Waals surface area contributed by atoms with Gasteiger partial charge in [0.25, 0.3) is 0 Å². The molecule has 0 atom stereocenters. The zero-order valence-corrected chi connectivity index (χ0v) is 32.0. The lowest BCUT2D eigenvalue weighted by molar-refractivity contribution is 0.568. The molecule has 0 radical (unpaired) electrons. The van der Waals surface area contributed by atoms with Crippen molar-refractivity contribution in [3.05, 3.63) is 95.6 Å². The highest BCUT2D eigenvalue weighted by molar-refractivity contribution is 6.68. The molecule has 238 valence electrons. The number of rotatable bonds is 3. The van der Waals surface area contributed by atoms with E-state index >= 15 is 0 Å². The van der Waals surface area contributed by atoms with E-state index < -0.39 is 0 Å². The molecule has 0 N–H and O–H groups in total. The van der Waals surface area contributed by atoms with Gasteiger partial charge in [0.1, 0.15) is 39.2 Å². The van der Waals surface area contributed by atoms with Crippen molar-refractivity contribution in [2.75, 3.05) is 0 Å². The first-order valence-corrected chi connectivity index (χ1v) is 17.7. The SMILES string of the molecule is Bc1c(B)c(B)c(-c2cccc3c4ccccc4n(-c4cccc(-c5cc(C(C)(C)C)cc(C(C)(C)C)c5)c4C(C)(C)C)c23)c(B)c1B. The van der Waals surface area contributed by atoms with Gasteiger partial charge in [-0.05, 0) is 61.8 Å². The number of benzene rings is 5. The maximum atomic E-state index is 2.59. The van der Waals surface area contributed by atoms with Gasteiger partial charge in [-0.3, -0.25) is 0 Å². The van der Waals surface area contributed by atoms with Gasteiger partial charge in [-0.2, -0.15) is 0 Å². The molecule has 6 heteroatoms. The molecule has 5 aromatic carbocycles. The summed E-state index contributed by atoms with van der Waals surface area (Å²) in [5, 5.41) is 2.59. The molecule has 6 aromatic rings. The maximum Gasteiger partial charge on any atom is 0.139 e. The molecular formula is C42H50B5N. The Kier molecular flexibility index (Phi) is 8.30. The first-order chi connectivity index (χ1) is 22.3. The van der Waals surface area contributed by atoms with Crippen molar-refractivity contribution in [2.24, 2.45) is 0 Å². The average Bonchev–Trinajstić information content (AvgIpc) is 3.36. The highest BCUT2D eigenvalue weighted by Gasteiger charge is 2.29. The Labute approximate surface area is 294 Å². The Bertz CT molecular complexity index is 2180. The fraction of sp³-hybridized carbons (Fsp3) is 0.286. The van der Waals surface area contributed by atoms with Gasteiger partial charge >= 0.3 is 0 Å². The third kappa shape index (κ3) is 5.60. The quantitative estimate of drug-likeness (QED) is 0.267. The van der Waals surface area contributed by atoms with Crippen LogP contribution >= 0.6 is 0 Å². The summed E-state index contributed by atoms with van der Waals surface area (Å²) in [6.07, 6.45) is 0. The van der Waals surface area contributed by atoms with Crippen LogP contribution in [-0.4, -0.2) is 43.8 Å². The Morgan fingerprint density at radius 3 is 1.54 bits per heavy atom. The lowest BCUT2D eigenvalue weighted by atomic mass is 9.59. The second-order valence-electron chi connectivity index (χ2n) is 17.3. The lowest BCUT2D eigenvalue weighted by Gasteiger charge is -2.30. The molecule has 0 saturated carbocycles. The van der Waals surface area contributed by atoms with Crippen LogP contribution in [0.25, 0.3) is 49.7 Å². The van der Waals surface area contributed by atoms with Crippen LogP contribution in [0, 0.1) is 0 Å². The summed E-state index contributed by atoms with van der Waals surface area (Å²) in [6.45, 7) is 21.1. The maximum absolute atomic E-state index is 2.59. The molecule has 1 nitrogen and oxygen atoms in total. The monoisotopic (exact) mass is 623 g/mol. The zero-order valence-electron chi connectivity index (χ0n) is 32.0. The van der Waals surface area contributed by atoms with Gasteiger partial charge in [-0.1, -0.05) is 140 Å². The summed E-state index contributed by atoms with van der Waals surface area (Å²) in [4.78, 5) is 0. The Morgan fingerprint density at radius 1 is 0.479 bits per heavy atom. The van der Waals surface area contributed by atoms with Crippen molar-refractivity contribution in [2.45, 2.75) is 78.6 Å². The molecule has 0 bridgehead atoms. The van der Waals surface area contributed by atoms with Crippen LogP contribution in [0.5, 0.6) is 0 Å². The molecule has 1 heterocycles. The number of hydrogen-bond donors (Lipinski definition) is 0. The molecule has 1 aromatic heterocycles. The minimum Gasteiger partial charge on any atom is -0.308 e. The fourth-order valence-corrected chi connectivity index (χ4v) is 7.78. The van der Waals surface area contributed by atoms with Crippen LogP contribution in [0.2, 0.25) is 0 Å². The van der Waals surface area contributed by atoms with E-state index in [1.165, 1.54) is 93.8 Å². The van der Waals surface area contributed by atoms with Crippen molar-refractivity contribution in [3.63, 3.8) is 0 Å². The number of nitrogens with zero attached hydrogens (tertiary/aromatic N) is 1. The minimum atomic E-state index is -0.124. The lowest BCUT2D eigenvalue weighted by Crippen LogP contribution is -2.55. The van der Waals surface area contributed by atoms with E-state index in [4.69, 9.17) is 0 Å². The third-order valence-corrected chi connectivity index (χ3v) is 11.0. The van der Waals surface area contributed by atoms with Crippen molar-refractivity contribution in [1.82, 2.24) is 4.57 Å². The van der Waals surface area contributed by atoms with Crippen molar-refractivity contribution in [3.8, 4) is 27.9 Å². The highest BCUT2D eigenvalue weighted by atomic mass is 15.0. The molecule has 48 heavy (non-hydrogen) atoms. The van der Waals surface area contributed by atoms with Crippen molar-refractivity contribution >= 4 is 88.4 Å². The smallest absolute Gasteiger partial charge is 0.139 e. The van der Waals surface area contributed by atoms with E-state index in [0.717, 1.165) is 0 Å². The van der Waals surface area contributed by atoms with Crippen LogP contribution in [0.1, 0.15) is 79.0 Å². The summed E-state index contributed by atoms with van der Waals surface area (Å²) in [5.41, 5.74) is 20.1. The molecule has 0 unspecified atom stereocenters. The van der Waals surface area contributed by atoms with E-state index in [0.29, 0.717) is 0 Å². The van der Waals surface area contributed by atoms with Gasteiger partial charge < -0.3 is 4.57 Å². The normalized spacial score (nSPS) is 12.7. The molecule has 0 aliphatic carbocycles. The molecule has 0 fully saturated rings. The number of aromatic nitrogens is 1. The Morgan fingerprint density at radius 2 is 0.979 bits per heavy atom. The predicted molar refractivity (Wildman–Crippen MR) is 229 cm³/mol. The summed E-state index contributed by atoms with van der Waals surface area (Å²) in [6, 6.07) is 30.2. The predicted octanol–water partition coefficient (Wildman–Crippen LogP) is 3.30. The van der Waals surface area contributed by atoms with Crippen LogP contribution in [0.3, 0.4) is 0 Å². The van der Waals surface area contributed by atoms with Crippen LogP contribution in [0.4, 0.5) is 0 Å². The van der Waals surface area contributed by atoms with E-state index in [1.807, 2.05) is 0 Å². The number of fused-ring (bicyclic) bond motifs is 3. The molecule has 0 aliphatic rings. The second-order valence-corrected chi connectivity index (χ2v) is 17.3. The largest absolute Gasteiger partial charge is 0.308 e. The minimum absolute atomic E-state index is 0.0390. The van der Waals surface area contributed by atoms with Gasteiger partial charge in [-0.25, -0.2) is 0 Å². The highest BCUT2D eigenvalue weighted by Crippen LogP contribution is 2.44. The van der Waals surface area contributed by atoms with E-state index in [2.05, 4.69) is 185 Å². The van der Waals surface area contributed by atoms with E-state index in [-0.39, 0.29) is 16.2 Å². The van der Waals surface area contributed by atoms with Crippen molar-refractivity contribution < 1.29 is 0 Å². The van der Waals surface area contributed by atoms with Gasteiger partial charge in [-0.15, -0.1) is 16.4 Å². The summed E-state index contributed by atoms with van der Waals surface area (Å²) >= 11 is 0. The van der Waals surface area contributed by atoms with Crippen LogP contribution in [0.15, 0.2) is 78.9 Å². The van der Waals surface area contributed by atoms with Gasteiger partial charge in [0, 0.05) is 16.3 Å². The molecule has 0 saturated heterocycles. The van der Waals surface area contributed by atoms with Gasteiger partial charge in [0.15, 0.2) is 0 Å². The molecule has 0 spiro atoms. The zero-order chi connectivity index (χ0) is 35.1. The van der Waals surface area contributed by atoms with Crippen LogP contribution in [-0.2, 0) is 16.2 Å². The first-order valence-electron chi connectivity index (χ1n) is 17.7. The van der Waals surface area contributed by atoms with E-state index in [9.17, 15) is 0 Å². The Hall–Kier alpha value is -3.78. The second kappa shape index (κ2) is 11.7. The summed E-state index contributed by atoms with van der Waals surface area (Å²) < 4.78 is 2.59.